The summed E-state index contributed by atoms with van der Waals surface area (Å²) in [5.41, 5.74) is 1.64. The van der Waals surface area contributed by atoms with Crippen LogP contribution in [-0.4, -0.2) is 36.4 Å². The summed E-state index contributed by atoms with van der Waals surface area (Å²) in [7, 11) is 0. The minimum absolute atomic E-state index is 0.00567. The van der Waals surface area contributed by atoms with E-state index in [1.807, 2.05) is 13.8 Å². The monoisotopic (exact) mass is 498 g/mol. The minimum atomic E-state index is -0.273. The van der Waals surface area contributed by atoms with Crippen LogP contribution in [-0.2, 0) is 19.1 Å². The third-order valence-corrected chi connectivity index (χ3v) is 5.17. The molecule has 0 unspecified atom stereocenters. The molecule has 0 atom stereocenters. The van der Waals surface area contributed by atoms with Gasteiger partial charge in [-0.3, -0.25) is 4.79 Å². The topological polar surface area (TPSA) is 72.8 Å². The van der Waals surface area contributed by atoms with Crippen molar-refractivity contribution >= 4 is 12.4 Å². The molecule has 0 aromatic rings. The Morgan fingerprint density at radius 3 is 1.69 bits per heavy atom. The van der Waals surface area contributed by atoms with Crippen LogP contribution in [0.2, 0.25) is 0 Å². The minimum Gasteiger partial charge on any atom is -0.483 e. The van der Waals surface area contributed by atoms with Crippen LogP contribution in [0, 0.1) is 5.92 Å². The molecule has 0 rings (SSSR count). The molecule has 208 valence electrons. The van der Waals surface area contributed by atoms with Gasteiger partial charge in [0.15, 0.2) is 0 Å². The number of carbonyl (C=O) groups is 2. The predicted molar refractivity (Wildman–Crippen MR) is 150 cm³/mol. The van der Waals surface area contributed by atoms with Crippen molar-refractivity contribution in [3.8, 4) is 0 Å². The van der Waals surface area contributed by atoms with Crippen molar-refractivity contribution in [2.75, 3.05) is 13.2 Å². The lowest BCUT2D eigenvalue weighted by molar-refractivity contribution is -0.139. The van der Waals surface area contributed by atoms with Gasteiger partial charge in [0.05, 0.1) is 12.2 Å². The zero-order valence-corrected chi connectivity index (χ0v) is 24.3. The molecule has 0 saturated carbocycles. The maximum atomic E-state index is 11.3. The summed E-state index contributed by atoms with van der Waals surface area (Å²) in [5, 5.41) is 6.89. The lowest BCUT2D eigenvalue weighted by atomic mass is 9.99. The third-order valence-electron chi connectivity index (χ3n) is 5.17. The molecule has 0 bridgehead atoms. The van der Waals surface area contributed by atoms with Gasteiger partial charge in [0, 0.05) is 12.2 Å². The van der Waals surface area contributed by atoms with Crippen LogP contribution in [0.25, 0.3) is 0 Å². The molecule has 5 heteroatoms. The molecule has 5 nitrogen and oxygen atoms in total. The largest absolute Gasteiger partial charge is 0.483 e. The first-order chi connectivity index (χ1) is 16.4. The van der Waals surface area contributed by atoms with E-state index in [9.17, 15) is 4.79 Å². The predicted octanol–water partition coefficient (Wildman–Crippen LogP) is 8.91. The number of rotatable bonds is 19. The second-order valence-electron chi connectivity index (χ2n) is 10.7. The number of unbranched alkanes of at least 4 members (excludes halogenated alkanes) is 9. The molecule has 0 fully saturated rings. The Bertz CT molecular complexity index is 519. The smallest absolute Gasteiger partial charge is 0.333 e. The Hall–Kier alpha value is -1.62. The van der Waals surface area contributed by atoms with Crippen molar-refractivity contribution in [2.45, 2.75) is 138 Å². The van der Waals surface area contributed by atoms with E-state index in [0.717, 1.165) is 31.8 Å². The highest BCUT2D eigenvalue weighted by molar-refractivity contribution is 5.86. The average Bonchev–Trinajstić information content (AvgIpc) is 2.74. The van der Waals surface area contributed by atoms with Gasteiger partial charge in [0.25, 0.3) is 6.47 Å². The van der Waals surface area contributed by atoms with Gasteiger partial charge in [-0.05, 0) is 59.8 Å². The van der Waals surface area contributed by atoms with Gasteiger partial charge in [-0.2, -0.15) is 0 Å². The second-order valence-corrected chi connectivity index (χ2v) is 10.7. The van der Waals surface area contributed by atoms with Crippen molar-refractivity contribution < 1.29 is 24.2 Å². The quantitative estimate of drug-likeness (QED) is 0.0632. The Morgan fingerprint density at radius 1 is 0.829 bits per heavy atom. The Kier molecular flexibility index (Phi) is 29.2. The van der Waals surface area contributed by atoms with Crippen molar-refractivity contribution in [2.24, 2.45) is 5.92 Å². The summed E-state index contributed by atoms with van der Waals surface area (Å²) in [5.74, 6) is 0.576. The zero-order chi connectivity index (χ0) is 27.5. The van der Waals surface area contributed by atoms with E-state index in [0.29, 0.717) is 12.2 Å². The Labute approximate surface area is 217 Å². The molecule has 0 aliphatic rings. The first kappa shape index (κ1) is 37.9. The van der Waals surface area contributed by atoms with Gasteiger partial charge in [0.2, 0.25) is 0 Å². The van der Waals surface area contributed by atoms with E-state index in [-0.39, 0.29) is 18.0 Å². The normalized spacial score (nSPS) is 10.5. The number of hydrogen-bond donors (Lipinski definition) is 1. The average molecular weight is 499 g/mol. The lowest BCUT2D eigenvalue weighted by Gasteiger charge is -2.25. The number of carboxylic acid groups (broad SMARTS) is 1. The molecular weight excluding hydrogens is 440 g/mol. The van der Waals surface area contributed by atoms with Crippen LogP contribution in [0.4, 0.5) is 0 Å². The van der Waals surface area contributed by atoms with Gasteiger partial charge < -0.3 is 14.6 Å². The van der Waals surface area contributed by atoms with Crippen molar-refractivity contribution in [3.05, 3.63) is 24.3 Å². The van der Waals surface area contributed by atoms with E-state index < -0.39 is 0 Å². The van der Waals surface area contributed by atoms with Gasteiger partial charge in [0.1, 0.15) is 0 Å². The highest BCUT2D eigenvalue weighted by atomic mass is 16.5. The fraction of sp³-hybridized carbons (Fsp3) is 0.800. The summed E-state index contributed by atoms with van der Waals surface area (Å²) in [6.07, 6.45) is 16.2. The molecule has 0 aromatic heterocycles. The van der Waals surface area contributed by atoms with Crippen LogP contribution < -0.4 is 0 Å². The molecule has 0 saturated heterocycles. The number of ether oxygens (including phenoxy) is 2. The molecule has 0 aliphatic heterocycles. The summed E-state index contributed by atoms with van der Waals surface area (Å²) < 4.78 is 11.2. The van der Waals surface area contributed by atoms with E-state index >= 15 is 0 Å². The van der Waals surface area contributed by atoms with Gasteiger partial charge in [-0.15, -0.1) is 6.58 Å². The lowest BCUT2D eigenvalue weighted by Crippen LogP contribution is -2.24. The van der Waals surface area contributed by atoms with Gasteiger partial charge in [-0.1, -0.05) is 90.2 Å². The van der Waals surface area contributed by atoms with E-state index in [4.69, 9.17) is 19.4 Å². The highest BCUT2D eigenvalue weighted by Gasteiger charge is 2.17. The first-order valence-corrected chi connectivity index (χ1v) is 13.6. The van der Waals surface area contributed by atoms with Crippen molar-refractivity contribution in [1.29, 1.82) is 0 Å². The molecular formula is C30H58O5. The number of carbonyl (C=O) groups excluding carboxylic acids is 1. The molecule has 0 aromatic carbocycles. The van der Waals surface area contributed by atoms with Gasteiger partial charge in [-0.25, -0.2) is 4.79 Å². The molecule has 0 aliphatic carbocycles. The first-order valence-electron chi connectivity index (χ1n) is 13.6. The standard InChI is InChI=1S/C25H48O3.C4H8.CH2O2/c1-22(2)18-14-10-7-8-13-17-21-28-25(5,6)19-15-11-9-12-16-20-27-24(26)23(3)4;1-4(2)3;2-1-3/h22H,3,7-21H2,1-2,4-6H3;1H2,2-3H3;1H,(H,2,3). The fourth-order valence-electron chi connectivity index (χ4n) is 3.25. The molecule has 0 spiro atoms. The molecule has 0 radical (unpaired) electrons. The SMILES string of the molecule is C=C(C)C.C=C(C)C(=O)OCCCCCCCC(C)(C)OCCCCCCCCC(C)C.O=CO. The third kappa shape index (κ3) is 39.9. The van der Waals surface area contributed by atoms with Crippen LogP contribution >= 0.6 is 0 Å². The Balaban J connectivity index is -0.00000129. The van der Waals surface area contributed by atoms with Crippen molar-refractivity contribution in [1.82, 2.24) is 0 Å². The molecule has 1 N–H and O–H groups in total. The van der Waals surface area contributed by atoms with E-state index in [2.05, 4.69) is 40.9 Å². The molecule has 0 heterocycles. The zero-order valence-electron chi connectivity index (χ0n) is 24.3. The number of hydrogen-bond acceptors (Lipinski definition) is 4. The summed E-state index contributed by atoms with van der Waals surface area (Å²) in [6.45, 7) is 23.0. The summed E-state index contributed by atoms with van der Waals surface area (Å²) in [6, 6.07) is 0. The van der Waals surface area contributed by atoms with Crippen molar-refractivity contribution in [3.63, 3.8) is 0 Å². The molecule has 0 amide bonds. The van der Waals surface area contributed by atoms with Crippen LogP contribution in [0.3, 0.4) is 0 Å². The molecule has 35 heavy (non-hydrogen) atoms. The van der Waals surface area contributed by atoms with E-state index in [1.165, 1.54) is 69.8 Å². The summed E-state index contributed by atoms with van der Waals surface area (Å²) >= 11 is 0. The Morgan fingerprint density at radius 2 is 1.23 bits per heavy atom. The van der Waals surface area contributed by atoms with Crippen LogP contribution in [0.1, 0.15) is 132 Å². The maximum absolute atomic E-state index is 11.3. The summed E-state index contributed by atoms with van der Waals surface area (Å²) in [4.78, 5) is 19.6. The second kappa shape index (κ2) is 27.0. The number of allylic oxidation sites excluding steroid dienone is 1. The number of esters is 1. The maximum Gasteiger partial charge on any atom is 0.333 e. The highest BCUT2D eigenvalue weighted by Crippen LogP contribution is 2.20. The van der Waals surface area contributed by atoms with Crippen LogP contribution in [0.5, 0.6) is 0 Å². The van der Waals surface area contributed by atoms with Gasteiger partial charge >= 0.3 is 5.97 Å². The van der Waals surface area contributed by atoms with Crippen LogP contribution in [0.15, 0.2) is 24.3 Å². The van der Waals surface area contributed by atoms with E-state index in [1.54, 1.807) is 6.92 Å². The fourth-order valence-corrected chi connectivity index (χ4v) is 3.25.